The van der Waals surface area contributed by atoms with E-state index in [1.807, 2.05) is 18.3 Å². The Kier molecular flexibility index (Phi) is 4.24. The van der Waals surface area contributed by atoms with Gasteiger partial charge in [-0.15, -0.1) is 0 Å². The lowest BCUT2D eigenvalue weighted by Crippen LogP contribution is -2.27. The summed E-state index contributed by atoms with van der Waals surface area (Å²) in [5.74, 6) is 0.315. The molecule has 0 aliphatic heterocycles. The molecule has 0 spiro atoms. The predicted molar refractivity (Wildman–Crippen MR) is 103 cm³/mol. The summed E-state index contributed by atoms with van der Waals surface area (Å²) in [5.41, 5.74) is 12.8. The summed E-state index contributed by atoms with van der Waals surface area (Å²) in [5, 5.41) is 3.16. The molecule has 0 saturated heterocycles. The summed E-state index contributed by atoms with van der Waals surface area (Å²) in [6, 6.07) is 10.2. The molecule has 5 heteroatoms. The van der Waals surface area contributed by atoms with Crippen molar-refractivity contribution >= 4 is 16.9 Å². The van der Waals surface area contributed by atoms with E-state index < -0.39 is 0 Å². The molecule has 0 bridgehead atoms. The number of benzene rings is 1. The van der Waals surface area contributed by atoms with E-state index >= 15 is 0 Å². The van der Waals surface area contributed by atoms with Crippen LogP contribution in [-0.2, 0) is 13.0 Å². The second-order valence-corrected chi connectivity index (χ2v) is 7.34. The van der Waals surface area contributed by atoms with Crippen LogP contribution >= 0.6 is 0 Å². The van der Waals surface area contributed by atoms with E-state index in [1.165, 1.54) is 11.1 Å². The van der Waals surface area contributed by atoms with E-state index in [9.17, 15) is 4.79 Å². The van der Waals surface area contributed by atoms with Crippen molar-refractivity contribution in [2.45, 2.75) is 45.2 Å². The summed E-state index contributed by atoms with van der Waals surface area (Å²) in [4.78, 5) is 20.4. The lowest BCUT2D eigenvalue weighted by atomic mass is 10.0. The summed E-state index contributed by atoms with van der Waals surface area (Å²) in [6.45, 7) is 4.81. The summed E-state index contributed by atoms with van der Waals surface area (Å²) >= 11 is 0. The zero-order valence-corrected chi connectivity index (χ0v) is 15.2. The van der Waals surface area contributed by atoms with Gasteiger partial charge in [0.25, 0.3) is 5.91 Å². The Morgan fingerprint density at radius 3 is 2.96 bits per heavy atom. The molecule has 1 aliphatic carbocycles. The molecule has 1 aliphatic rings. The number of nitrogens with zero attached hydrogens (tertiary/aromatic N) is 1. The van der Waals surface area contributed by atoms with Crippen LogP contribution in [0.5, 0.6) is 0 Å². The van der Waals surface area contributed by atoms with Gasteiger partial charge >= 0.3 is 0 Å². The number of carbonyl (C=O) groups excluding carboxylic acids is 1. The van der Waals surface area contributed by atoms with Gasteiger partial charge in [-0.25, -0.2) is 0 Å². The van der Waals surface area contributed by atoms with Crippen molar-refractivity contribution < 1.29 is 4.79 Å². The lowest BCUT2D eigenvalue weighted by Gasteiger charge is -2.14. The Balaban J connectivity index is 1.55. The number of pyridine rings is 1. The molecule has 3 aromatic rings. The molecular weight excluding hydrogens is 324 g/mol. The first kappa shape index (κ1) is 16.8. The highest BCUT2D eigenvalue weighted by Gasteiger charge is 2.25. The Bertz CT molecular complexity index is 973. The molecule has 4 rings (SSSR count). The molecular formula is C21H24N4O. The number of nitrogens with two attached hydrogens (primary N) is 1. The van der Waals surface area contributed by atoms with Crippen molar-refractivity contribution in [3.63, 3.8) is 0 Å². The Hall–Kier alpha value is -2.66. The maximum absolute atomic E-state index is 12.7. The van der Waals surface area contributed by atoms with Crippen molar-refractivity contribution in [2.24, 2.45) is 5.73 Å². The van der Waals surface area contributed by atoms with E-state index in [-0.39, 0.29) is 11.9 Å². The molecule has 5 nitrogen and oxygen atoms in total. The fourth-order valence-corrected chi connectivity index (χ4v) is 3.65. The molecule has 1 aromatic carbocycles. The van der Waals surface area contributed by atoms with Gasteiger partial charge in [-0.05, 0) is 53.1 Å². The van der Waals surface area contributed by atoms with Crippen LogP contribution < -0.4 is 11.1 Å². The van der Waals surface area contributed by atoms with Gasteiger partial charge in [-0.2, -0.15) is 0 Å². The topological polar surface area (TPSA) is 83.8 Å². The van der Waals surface area contributed by atoms with Gasteiger partial charge in [0.05, 0.1) is 17.1 Å². The van der Waals surface area contributed by atoms with Gasteiger partial charge in [-0.1, -0.05) is 32.0 Å². The number of hydrogen-bond donors (Lipinski definition) is 3. The van der Waals surface area contributed by atoms with Crippen LogP contribution in [0.3, 0.4) is 0 Å². The van der Waals surface area contributed by atoms with Gasteiger partial charge in [0.2, 0.25) is 0 Å². The van der Waals surface area contributed by atoms with Gasteiger partial charge in [0.15, 0.2) is 0 Å². The highest BCUT2D eigenvalue weighted by atomic mass is 16.1. The highest BCUT2D eigenvalue weighted by molar-refractivity contribution is 5.97. The van der Waals surface area contributed by atoms with Crippen LogP contribution in [0.15, 0.2) is 36.5 Å². The van der Waals surface area contributed by atoms with Crippen molar-refractivity contribution in [1.82, 2.24) is 15.3 Å². The van der Waals surface area contributed by atoms with E-state index in [2.05, 4.69) is 47.3 Å². The first-order valence-electron chi connectivity index (χ1n) is 9.16. The SMILES string of the molecule is CC(C)c1cnc2cc(C(=O)NC3CCc4cc(CN)ccc43)[nH]c2c1. The number of aromatic amines is 1. The minimum atomic E-state index is -0.0881. The van der Waals surface area contributed by atoms with E-state index in [1.54, 1.807) is 0 Å². The number of amides is 1. The van der Waals surface area contributed by atoms with Gasteiger partial charge in [0.1, 0.15) is 5.69 Å². The molecule has 1 amide bonds. The Morgan fingerprint density at radius 2 is 2.19 bits per heavy atom. The van der Waals surface area contributed by atoms with Gasteiger partial charge < -0.3 is 16.0 Å². The molecule has 0 fully saturated rings. The van der Waals surface area contributed by atoms with E-state index in [0.29, 0.717) is 18.2 Å². The monoisotopic (exact) mass is 348 g/mol. The number of H-pyrrole nitrogens is 1. The van der Waals surface area contributed by atoms with Crippen molar-refractivity contribution in [2.75, 3.05) is 0 Å². The molecule has 1 unspecified atom stereocenters. The molecule has 2 aromatic heterocycles. The van der Waals surface area contributed by atoms with Crippen molar-refractivity contribution in [1.29, 1.82) is 0 Å². The zero-order valence-electron chi connectivity index (χ0n) is 15.2. The smallest absolute Gasteiger partial charge is 0.268 e. The molecule has 0 radical (unpaired) electrons. The Labute approximate surface area is 153 Å². The minimum Gasteiger partial charge on any atom is -0.349 e. The minimum absolute atomic E-state index is 0.0509. The number of hydrogen-bond acceptors (Lipinski definition) is 3. The first-order chi connectivity index (χ1) is 12.5. The lowest BCUT2D eigenvalue weighted by molar-refractivity contribution is 0.0932. The normalized spacial score (nSPS) is 16.2. The second-order valence-electron chi connectivity index (χ2n) is 7.34. The van der Waals surface area contributed by atoms with Crippen LogP contribution in [0.2, 0.25) is 0 Å². The molecule has 4 N–H and O–H groups in total. The highest BCUT2D eigenvalue weighted by Crippen LogP contribution is 2.32. The fraction of sp³-hybridized carbons (Fsp3) is 0.333. The third kappa shape index (κ3) is 2.99. The van der Waals surface area contributed by atoms with Crippen LogP contribution in [0.25, 0.3) is 11.0 Å². The fourth-order valence-electron chi connectivity index (χ4n) is 3.65. The average Bonchev–Trinajstić information content (AvgIpc) is 3.24. The standard InChI is InChI=1S/C21H24N4O/c1-12(2)15-8-19-18(23-11-15)9-20(24-19)21(26)25-17-6-4-14-7-13(10-22)3-5-16(14)17/h3,5,7-9,11-12,17,24H,4,6,10,22H2,1-2H3,(H,25,26). The predicted octanol–water partition coefficient (Wildman–Crippen LogP) is 3.56. The molecule has 26 heavy (non-hydrogen) atoms. The molecule has 1 atom stereocenters. The number of nitrogens with one attached hydrogen (secondary N) is 2. The molecule has 2 heterocycles. The second kappa shape index (κ2) is 6.57. The van der Waals surface area contributed by atoms with Gasteiger partial charge in [0, 0.05) is 12.7 Å². The van der Waals surface area contributed by atoms with E-state index in [0.717, 1.165) is 35.0 Å². The van der Waals surface area contributed by atoms with E-state index in [4.69, 9.17) is 5.73 Å². The third-order valence-corrected chi connectivity index (χ3v) is 5.23. The van der Waals surface area contributed by atoms with Crippen LogP contribution in [0.1, 0.15) is 65.0 Å². The largest absolute Gasteiger partial charge is 0.349 e. The summed E-state index contributed by atoms with van der Waals surface area (Å²) in [6.07, 6.45) is 3.77. The van der Waals surface area contributed by atoms with Crippen molar-refractivity contribution in [3.8, 4) is 0 Å². The number of aromatic nitrogens is 2. The summed E-state index contributed by atoms with van der Waals surface area (Å²) in [7, 11) is 0. The quantitative estimate of drug-likeness (QED) is 0.674. The molecule has 0 saturated carbocycles. The summed E-state index contributed by atoms with van der Waals surface area (Å²) < 4.78 is 0. The number of rotatable bonds is 4. The Morgan fingerprint density at radius 1 is 1.35 bits per heavy atom. The zero-order chi connectivity index (χ0) is 18.3. The van der Waals surface area contributed by atoms with Crippen LogP contribution in [0.4, 0.5) is 0 Å². The first-order valence-corrected chi connectivity index (χ1v) is 9.16. The number of carbonyl (C=O) groups is 1. The average molecular weight is 348 g/mol. The number of aryl methyl sites for hydroxylation is 1. The molecule has 134 valence electrons. The third-order valence-electron chi connectivity index (χ3n) is 5.23. The van der Waals surface area contributed by atoms with Gasteiger partial charge in [-0.3, -0.25) is 9.78 Å². The van der Waals surface area contributed by atoms with Crippen LogP contribution in [-0.4, -0.2) is 15.9 Å². The van der Waals surface area contributed by atoms with Crippen LogP contribution in [0, 0.1) is 0 Å². The maximum atomic E-state index is 12.7. The van der Waals surface area contributed by atoms with Crippen molar-refractivity contribution in [3.05, 3.63) is 64.5 Å². The number of fused-ring (bicyclic) bond motifs is 2. The maximum Gasteiger partial charge on any atom is 0.268 e.